The maximum atomic E-state index is 3.93. The van der Waals surface area contributed by atoms with Gasteiger partial charge in [0, 0.05) is 25.2 Å². The maximum absolute atomic E-state index is 3.93. The van der Waals surface area contributed by atoms with Crippen molar-refractivity contribution in [1.82, 2.24) is 10.2 Å². The average Bonchev–Trinajstić information content (AvgIpc) is 2.55. The van der Waals surface area contributed by atoms with Crippen molar-refractivity contribution in [3.8, 4) is 0 Å². The van der Waals surface area contributed by atoms with Gasteiger partial charge in [-0.15, -0.1) is 0 Å². The van der Waals surface area contributed by atoms with Gasteiger partial charge in [-0.05, 0) is 49.7 Å². The lowest BCUT2D eigenvalue weighted by molar-refractivity contribution is 0.0672. The maximum Gasteiger partial charge on any atom is 0.0246 e. The summed E-state index contributed by atoms with van der Waals surface area (Å²) >= 11 is 1.99. The fourth-order valence-electron chi connectivity index (χ4n) is 4.21. The lowest BCUT2D eigenvalue weighted by atomic mass is 9.82. The summed E-state index contributed by atoms with van der Waals surface area (Å²) < 4.78 is 0. The van der Waals surface area contributed by atoms with Gasteiger partial charge >= 0.3 is 0 Å². The molecule has 1 aliphatic carbocycles. The van der Waals surface area contributed by atoms with Crippen LogP contribution in [0.15, 0.2) is 0 Å². The second-order valence-corrected chi connectivity index (χ2v) is 8.19. The summed E-state index contributed by atoms with van der Waals surface area (Å²) in [4.78, 5) is 2.83. The van der Waals surface area contributed by atoms with Gasteiger partial charge in [-0.2, -0.15) is 11.8 Å². The highest BCUT2D eigenvalue weighted by Gasteiger charge is 2.34. The van der Waals surface area contributed by atoms with Crippen LogP contribution in [0.25, 0.3) is 0 Å². The van der Waals surface area contributed by atoms with E-state index >= 15 is 0 Å². The summed E-state index contributed by atoms with van der Waals surface area (Å²) in [5.74, 6) is 3.07. The molecule has 3 heteroatoms. The van der Waals surface area contributed by atoms with Crippen LogP contribution in [0, 0.1) is 11.8 Å². The molecule has 1 saturated carbocycles. The first-order valence-electron chi connectivity index (χ1n) is 9.22. The molecule has 21 heavy (non-hydrogen) atoms. The molecule has 1 saturated heterocycles. The minimum Gasteiger partial charge on any atom is -0.311 e. The molecule has 0 aromatic rings. The van der Waals surface area contributed by atoms with Crippen LogP contribution in [0.4, 0.5) is 0 Å². The van der Waals surface area contributed by atoms with Crippen molar-refractivity contribution < 1.29 is 0 Å². The van der Waals surface area contributed by atoms with E-state index in [2.05, 4.69) is 30.3 Å². The van der Waals surface area contributed by atoms with Gasteiger partial charge in [-0.3, -0.25) is 4.90 Å². The van der Waals surface area contributed by atoms with Crippen LogP contribution < -0.4 is 5.32 Å². The zero-order chi connectivity index (χ0) is 15.1. The van der Waals surface area contributed by atoms with Crippen LogP contribution >= 0.6 is 11.8 Å². The van der Waals surface area contributed by atoms with Gasteiger partial charge in [0.2, 0.25) is 0 Å². The van der Waals surface area contributed by atoms with Crippen LogP contribution in [-0.4, -0.2) is 48.6 Å². The van der Waals surface area contributed by atoms with Crippen molar-refractivity contribution in [2.45, 2.75) is 70.9 Å². The first-order chi connectivity index (χ1) is 10.3. The Kier molecular flexibility index (Phi) is 7.90. The quantitative estimate of drug-likeness (QED) is 0.715. The third-order valence-corrected chi connectivity index (χ3v) is 6.50. The normalized spacial score (nSPS) is 30.4. The van der Waals surface area contributed by atoms with Crippen molar-refractivity contribution in [2.75, 3.05) is 31.6 Å². The van der Waals surface area contributed by atoms with Gasteiger partial charge in [0.15, 0.2) is 0 Å². The summed E-state index contributed by atoms with van der Waals surface area (Å²) in [5, 5.41) is 3.93. The van der Waals surface area contributed by atoms with Gasteiger partial charge in [0.05, 0.1) is 0 Å². The predicted octanol–water partition coefficient (Wildman–Crippen LogP) is 4.01. The minimum absolute atomic E-state index is 0.761. The lowest BCUT2D eigenvalue weighted by Crippen LogP contribution is -2.60. The topological polar surface area (TPSA) is 15.3 Å². The molecule has 0 spiro atoms. The largest absolute Gasteiger partial charge is 0.311 e. The summed E-state index contributed by atoms with van der Waals surface area (Å²) in [6.45, 7) is 8.61. The second kappa shape index (κ2) is 9.42. The van der Waals surface area contributed by atoms with Gasteiger partial charge in [0.1, 0.15) is 0 Å². The molecule has 2 fully saturated rings. The highest BCUT2D eigenvalue weighted by molar-refractivity contribution is 7.98. The second-order valence-electron chi connectivity index (χ2n) is 7.21. The smallest absolute Gasteiger partial charge is 0.0246 e. The molecule has 3 atom stereocenters. The minimum atomic E-state index is 0.761. The van der Waals surface area contributed by atoms with E-state index < -0.39 is 0 Å². The van der Waals surface area contributed by atoms with E-state index in [0.717, 1.165) is 23.9 Å². The lowest BCUT2D eigenvalue weighted by Gasteiger charge is -2.46. The molecular formula is C18H36N2S. The van der Waals surface area contributed by atoms with E-state index in [1.165, 1.54) is 70.3 Å². The Morgan fingerprint density at radius 3 is 2.67 bits per heavy atom. The van der Waals surface area contributed by atoms with E-state index in [-0.39, 0.29) is 0 Å². The first-order valence-corrected chi connectivity index (χ1v) is 10.6. The first kappa shape index (κ1) is 17.6. The number of hydrogen-bond acceptors (Lipinski definition) is 3. The molecule has 0 aromatic heterocycles. The summed E-state index contributed by atoms with van der Waals surface area (Å²) in [7, 11) is 0. The summed E-state index contributed by atoms with van der Waals surface area (Å²) in [6.07, 6.45) is 12.2. The average molecular weight is 313 g/mol. The van der Waals surface area contributed by atoms with E-state index in [1.807, 2.05) is 11.8 Å². The molecule has 2 nitrogen and oxygen atoms in total. The molecule has 0 radical (unpaired) electrons. The zero-order valence-electron chi connectivity index (χ0n) is 14.4. The fraction of sp³-hybridized carbons (Fsp3) is 1.00. The van der Waals surface area contributed by atoms with Gasteiger partial charge in [0.25, 0.3) is 0 Å². The Labute approximate surface area is 136 Å². The standard InChI is InChI=1S/C18H36N2S/c1-4-15(2)18-13-19-17(16-9-6-5-7-10-16)14-20(18)11-8-12-21-3/h15-19H,4-14H2,1-3H3. The highest BCUT2D eigenvalue weighted by Crippen LogP contribution is 2.29. The third-order valence-electron chi connectivity index (χ3n) is 5.80. The van der Waals surface area contributed by atoms with Gasteiger partial charge in [-0.1, -0.05) is 39.5 Å². The number of rotatable bonds is 7. The highest BCUT2D eigenvalue weighted by atomic mass is 32.2. The number of hydrogen-bond donors (Lipinski definition) is 1. The molecule has 3 unspecified atom stereocenters. The van der Waals surface area contributed by atoms with Crippen molar-refractivity contribution >= 4 is 11.8 Å². The number of thioether (sulfide) groups is 1. The van der Waals surface area contributed by atoms with Crippen LogP contribution in [0.3, 0.4) is 0 Å². The monoisotopic (exact) mass is 312 g/mol. The van der Waals surface area contributed by atoms with Crippen molar-refractivity contribution in [2.24, 2.45) is 11.8 Å². The van der Waals surface area contributed by atoms with Crippen LogP contribution in [0.2, 0.25) is 0 Å². The zero-order valence-corrected chi connectivity index (χ0v) is 15.3. The molecule has 2 aliphatic rings. The third kappa shape index (κ3) is 5.14. The number of nitrogens with one attached hydrogen (secondary N) is 1. The number of piperazine rings is 1. The molecule has 0 bridgehead atoms. The van der Waals surface area contributed by atoms with E-state index in [1.54, 1.807) is 0 Å². The van der Waals surface area contributed by atoms with E-state index in [9.17, 15) is 0 Å². The van der Waals surface area contributed by atoms with Crippen molar-refractivity contribution in [3.63, 3.8) is 0 Å². The Morgan fingerprint density at radius 2 is 2.00 bits per heavy atom. The molecule has 1 aliphatic heterocycles. The summed E-state index contributed by atoms with van der Waals surface area (Å²) in [5.41, 5.74) is 0. The van der Waals surface area contributed by atoms with E-state index in [0.29, 0.717) is 0 Å². The Balaban J connectivity index is 1.90. The molecule has 1 N–H and O–H groups in total. The molecule has 0 aromatic carbocycles. The Bertz CT molecular complexity index is 278. The molecule has 2 rings (SSSR count). The fourth-order valence-corrected chi connectivity index (χ4v) is 4.63. The molecule has 1 heterocycles. The molecule has 124 valence electrons. The predicted molar refractivity (Wildman–Crippen MR) is 96.2 cm³/mol. The van der Waals surface area contributed by atoms with Crippen LogP contribution in [0.5, 0.6) is 0 Å². The Morgan fingerprint density at radius 1 is 1.24 bits per heavy atom. The van der Waals surface area contributed by atoms with Crippen molar-refractivity contribution in [1.29, 1.82) is 0 Å². The summed E-state index contributed by atoms with van der Waals surface area (Å²) in [6, 6.07) is 1.52. The van der Waals surface area contributed by atoms with Gasteiger partial charge in [-0.25, -0.2) is 0 Å². The van der Waals surface area contributed by atoms with Crippen molar-refractivity contribution in [3.05, 3.63) is 0 Å². The van der Waals surface area contributed by atoms with Gasteiger partial charge < -0.3 is 5.32 Å². The molecule has 0 amide bonds. The molecular weight excluding hydrogens is 276 g/mol. The SMILES string of the molecule is CCC(C)C1CNC(C2CCCCC2)CN1CCCSC. The van der Waals surface area contributed by atoms with Crippen LogP contribution in [-0.2, 0) is 0 Å². The van der Waals surface area contributed by atoms with Crippen LogP contribution in [0.1, 0.15) is 58.8 Å². The van der Waals surface area contributed by atoms with E-state index in [4.69, 9.17) is 0 Å². The Hall–Kier alpha value is 0.270. The number of nitrogens with zero attached hydrogens (tertiary/aromatic N) is 1.